The minimum atomic E-state index is 0.0319. The van der Waals surface area contributed by atoms with Gasteiger partial charge in [0.05, 0.1) is 6.54 Å². The van der Waals surface area contributed by atoms with E-state index >= 15 is 0 Å². The fourth-order valence-electron chi connectivity index (χ4n) is 1.83. The molecule has 6 nitrogen and oxygen atoms in total. The highest BCUT2D eigenvalue weighted by Gasteiger charge is 2.23. The van der Waals surface area contributed by atoms with Crippen LogP contribution in [0.1, 0.15) is 0 Å². The summed E-state index contributed by atoms with van der Waals surface area (Å²) >= 11 is 0. The highest BCUT2D eigenvalue weighted by molar-refractivity contribution is 5.94. The summed E-state index contributed by atoms with van der Waals surface area (Å²) in [7, 11) is 0. The number of pyridine rings is 1. The van der Waals surface area contributed by atoms with Crippen molar-refractivity contribution in [3.8, 4) is 0 Å². The highest BCUT2D eigenvalue weighted by Crippen LogP contribution is 2.13. The molecule has 0 bridgehead atoms. The second kappa shape index (κ2) is 3.57. The minimum absolute atomic E-state index is 0.0319. The Morgan fingerprint density at radius 2 is 2.25 bits per heavy atom. The molecule has 3 rings (SSSR count). The van der Waals surface area contributed by atoms with Crippen LogP contribution >= 0.6 is 0 Å². The fourth-order valence-corrected chi connectivity index (χ4v) is 1.83. The molecule has 2 aromatic rings. The number of carbonyl (C=O) groups is 1. The maximum absolute atomic E-state index is 11.7. The number of hydrogen-bond acceptors (Lipinski definition) is 4. The summed E-state index contributed by atoms with van der Waals surface area (Å²) in [5.74, 6) is 0.631. The number of carbonyl (C=O) groups excluding carboxylic acids is 1. The molecule has 6 heteroatoms. The first-order valence-electron chi connectivity index (χ1n) is 5.17. The standard InChI is InChI=1S/C10H11N5O/c16-9-7-11-4-6-15(9)10-13-12-8-3-1-2-5-14(8)10/h1-3,5,11H,4,6-7H2. The maximum atomic E-state index is 11.7. The normalized spacial score (nSPS) is 17.0. The van der Waals surface area contributed by atoms with Crippen LogP contribution in [0.5, 0.6) is 0 Å². The molecule has 1 saturated heterocycles. The zero-order chi connectivity index (χ0) is 11.0. The van der Waals surface area contributed by atoms with Crippen molar-refractivity contribution in [2.24, 2.45) is 0 Å². The van der Waals surface area contributed by atoms with E-state index in [1.54, 1.807) is 4.90 Å². The quantitative estimate of drug-likeness (QED) is 0.710. The van der Waals surface area contributed by atoms with E-state index in [0.717, 1.165) is 12.2 Å². The van der Waals surface area contributed by atoms with E-state index in [-0.39, 0.29) is 5.91 Å². The van der Waals surface area contributed by atoms with E-state index in [0.29, 0.717) is 19.0 Å². The van der Waals surface area contributed by atoms with Gasteiger partial charge < -0.3 is 5.32 Å². The number of nitrogens with one attached hydrogen (secondary N) is 1. The Morgan fingerprint density at radius 1 is 1.31 bits per heavy atom. The summed E-state index contributed by atoms with van der Waals surface area (Å²) in [5, 5.41) is 11.1. The van der Waals surface area contributed by atoms with Crippen LogP contribution in [-0.4, -0.2) is 40.1 Å². The van der Waals surface area contributed by atoms with Crippen LogP contribution in [0.3, 0.4) is 0 Å². The van der Waals surface area contributed by atoms with E-state index in [2.05, 4.69) is 15.5 Å². The molecule has 16 heavy (non-hydrogen) atoms. The van der Waals surface area contributed by atoms with Crippen LogP contribution in [0.15, 0.2) is 24.4 Å². The molecule has 1 fully saturated rings. The number of aromatic nitrogens is 3. The Morgan fingerprint density at radius 3 is 3.12 bits per heavy atom. The average Bonchev–Trinajstić information content (AvgIpc) is 2.74. The Kier molecular flexibility index (Phi) is 2.07. The monoisotopic (exact) mass is 217 g/mol. The zero-order valence-electron chi connectivity index (χ0n) is 8.63. The van der Waals surface area contributed by atoms with Gasteiger partial charge in [0.2, 0.25) is 11.9 Å². The van der Waals surface area contributed by atoms with E-state index in [9.17, 15) is 4.79 Å². The number of nitrogens with zero attached hydrogens (tertiary/aromatic N) is 4. The SMILES string of the molecule is O=C1CNCCN1c1nnc2ccccn12. The summed E-state index contributed by atoms with van der Waals surface area (Å²) < 4.78 is 1.82. The largest absolute Gasteiger partial charge is 0.307 e. The number of amides is 1. The van der Waals surface area contributed by atoms with Gasteiger partial charge in [-0.25, -0.2) is 0 Å². The van der Waals surface area contributed by atoms with Gasteiger partial charge >= 0.3 is 0 Å². The summed E-state index contributed by atoms with van der Waals surface area (Å²) in [6.07, 6.45) is 1.86. The third-order valence-electron chi connectivity index (χ3n) is 2.63. The number of anilines is 1. The first-order chi connectivity index (χ1) is 7.86. The number of fused-ring (bicyclic) bond motifs is 1. The molecule has 1 N–H and O–H groups in total. The Labute approximate surface area is 91.9 Å². The first-order valence-corrected chi connectivity index (χ1v) is 5.17. The molecule has 0 radical (unpaired) electrons. The molecule has 0 saturated carbocycles. The number of hydrogen-bond donors (Lipinski definition) is 1. The third-order valence-corrected chi connectivity index (χ3v) is 2.63. The van der Waals surface area contributed by atoms with Crippen molar-refractivity contribution >= 4 is 17.5 Å². The van der Waals surface area contributed by atoms with E-state index < -0.39 is 0 Å². The van der Waals surface area contributed by atoms with Crippen LogP contribution in [0.2, 0.25) is 0 Å². The van der Waals surface area contributed by atoms with Crippen LogP contribution in [-0.2, 0) is 4.79 Å². The molecule has 0 aromatic carbocycles. The molecule has 1 aliphatic rings. The van der Waals surface area contributed by atoms with Crippen molar-refractivity contribution in [3.05, 3.63) is 24.4 Å². The minimum Gasteiger partial charge on any atom is -0.307 e. The van der Waals surface area contributed by atoms with Crippen molar-refractivity contribution in [1.29, 1.82) is 0 Å². The van der Waals surface area contributed by atoms with Crippen molar-refractivity contribution in [2.75, 3.05) is 24.5 Å². The average molecular weight is 217 g/mol. The lowest BCUT2D eigenvalue weighted by Crippen LogP contribution is -2.48. The Bertz CT molecular complexity index is 535. The van der Waals surface area contributed by atoms with Gasteiger partial charge in [0.15, 0.2) is 5.65 Å². The molecule has 82 valence electrons. The predicted octanol–water partition coefficient (Wildman–Crippen LogP) is -0.335. The van der Waals surface area contributed by atoms with Crippen LogP contribution in [0.4, 0.5) is 5.95 Å². The van der Waals surface area contributed by atoms with Crippen molar-refractivity contribution < 1.29 is 4.79 Å². The Hall–Kier alpha value is -1.95. The van der Waals surface area contributed by atoms with Crippen molar-refractivity contribution in [2.45, 2.75) is 0 Å². The molecular formula is C10H11N5O. The molecule has 0 unspecified atom stereocenters. The number of rotatable bonds is 1. The lowest BCUT2D eigenvalue weighted by Gasteiger charge is -2.25. The smallest absolute Gasteiger partial charge is 0.243 e. The third kappa shape index (κ3) is 1.35. The predicted molar refractivity (Wildman–Crippen MR) is 58.2 cm³/mol. The zero-order valence-corrected chi connectivity index (χ0v) is 8.63. The molecule has 0 atom stereocenters. The van der Waals surface area contributed by atoms with Crippen molar-refractivity contribution in [3.63, 3.8) is 0 Å². The summed E-state index contributed by atoms with van der Waals surface area (Å²) in [6, 6.07) is 5.66. The van der Waals surface area contributed by atoms with Gasteiger partial charge in [0, 0.05) is 19.3 Å². The second-order valence-corrected chi connectivity index (χ2v) is 3.65. The second-order valence-electron chi connectivity index (χ2n) is 3.65. The molecule has 0 aliphatic carbocycles. The van der Waals surface area contributed by atoms with Crippen LogP contribution in [0.25, 0.3) is 5.65 Å². The van der Waals surface area contributed by atoms with E-state index in [1.165, 1.54) is 0 Å². The van der Waals surface area contributed by atoms with Gasteiger partial charge in [-0.1, -0.05) is 6.07 Å². The maximum Gasteiger partial charge on any atom is 0.243 e. The highest BCUT2D eigenvalue weighted by atomic mass is 16.2. The summed E-state index contributed by atoms with van der Waals surface area (Å²) in [6.45, 7) is 1.78. The fraction of sp³-hybridized carbons (Fsp3) is 0.300. The topological polar surface area (TPSA) is 62.5 Å². The molecule has 3 heterocycles. The van der Waals surface area contributed by atoms with Gasteiger partial charge in [-0.2, -0.15) is 0 Å². The van der Waals surface area contributed by atoms with Crippen LogP contribution in [0, 0.1) is 0 Å². The van der Waals surface area contributed by atoms with E-state index in [4.69, 9.17) is 0 Å². The summed E-state index contributed by atoms with van der Waals surface area (Å²) in [4.78, 5) is 13.4. The first kappa shape index (κ1) is 9.29. The summed E-state index contributed by atoms with van der Waals surface area (Å²) in [5.41, 5.74) is 0.754. The molecule has 1 amide bonds. The van der Waals surface area contributed by atoms with E-state index in [1.807, 2.05) is 28.8 Å². The van der Waals surface area contributed by atoms with Gasteiger partial charge in [-0.15, -0.1) is 10.2 Å². The van der Waals surface area contributed by atoms with Gasteiger partial charge in [-0.05, 0) is 12.1 Å². The molecule has 0 spiro atoms. The number of piperazine rings is 1. The van der Waals surface area contributed by atoms with Gasteiger partial charge in [-0.3, -0.25) is 14.1 Å². The Balaban J connectivity index is 2.08. The molecular weight excluding hydrogens is 206 g/mol. The molecule has 2 aromatic heterocycles. The van der Waals surface area contributed by atoms with Crippen LogP contribution < -0.4 is 10.2 Å². The van der Waals surface area contributed by atoms with Gasteiger partial charge in [0.1, 0.15) is 0 Å². The van der Waals surface area contributed by atoms with Crippen molar-refractivity contribution in [1.82, 2.24) is 19.9 Å². The van der Waals surface area contributed by atoms with Gasteiger partial charge in [0.25, 0.3) is 0 Å². The lowest BCUT2D eigenvalue weighted by molar-refractivity contribution is -0.118. The molecule has 1 aliphatic heterocycles. The lowest BCUT2D eigenvalue weighted by atomic mass is 10.4.